The number of hydrogen-bond acceptors (Lipinski definition) is 8. The molecule has 1 saturated carbocycles. The molecule has 36 heavy (non-hydrogen) atoms. The van der Waals surface area contributed by atoms with Gasteiger partial charge in [0.15, 0.2) is 5.75 Å². The van der Waals surface area contributed by atoms with E-state index >= 15 is 0 Å². The number of carbonyl (C=O) groups excluding carboxylic acids is 2. The lowest BCUT2D eigenvalue weighted by molar-refractivity contribution is -0.113. The minimum atomic E-state index is -0.102. The Bertz CT molecular complexity index is 1340. The van der Waals surface area contributed by atoms with Crippen molar-refractivity contribution in [3.8, 4) is 11.6 Å². The molecule has 1 aromatic carbocycles. The number of anilines is 2. The number of nitrogens with zero attached hydrogens (tertiary/aromatic N) is 2. The van der Waals surface area contributed by atoms with E-state index < -0.39 is 0 Å². The fourth-order valence-corrected chi connectivity index (χ4v) is 5.97. The van der Waals surface area contributed by atoms with Crippen molar-refractivity contribution < 1.29 is 19.1 Å². The maximum atomic E-state index is 12.9. The number of aromatic nitrogens is 2. The summed E-state index contributed by atoms with van der Waals surface area (Å²) in [6, 6.07) is 9.29. The summed E-state index contributed by atoms with van der Waals surface area (Å²) in [5, 5.41) is 9.50. The largest absolute Gasteiger partial charge is 0.484 e. The molecule has 1 fully saturated rings. The van der Waals surface area contributed by atoms with Crippen LogP contribution >= 0.6 is 11.8 Å². The molecule has 2 amide bonds. The van der Waals surface area contributed by atoms with Gasteiger partial charge >= 0.3 is 0 Å². The van der Waals surface area contributed by atoms with Crippen molar-refractivity contribution in [2.75, 3.05) is 30.0 Å². The normalized spacial score (nSPS) is 22.9. The van der Waals surface area contributed by atoms with E-state index in [9.17, 15) is 9.59 Å². The number of pyridine rings is 2. The molecule has 3 N–H and O–H groups in total. The second-order valence-corrected chi connectivity index (χ2v) is 10.4. The van der Waals surface area contributed by atoms with Crippen molar-refractivity contribution in [2.24, 2.45) is 5.92 Å². The number of carbonyl (C=O) groups is 2. The number of benzene rings is 1. The first kappa shape index (κ1) is 22.9. The van der Waals surface area contributed by atoms with E-state index in [0.29, 0.717) is 40.9 Å². The van der Waals surface area contributed by atoms with Crippen LogP contribution in [0.5, 0.6) is 11.6 Å². The van der Waals surface area contributed by atoms with Crippen LogP contribution in [-0.2, 0) is 4.79 Å². The third-order valence-electron chi connectivity index (χ3n) is 7.12. The van der Waals surface area contributed by atoms with Crippen LogP contribution < -0.4 is 25.4 Å². The van der Waals surface area contributed by atoms with E-state index in [1.807, 2.05) is 18.2 Å². The molecule has 9 nitrogen and oxygen atoms in total. The Labute approximate surface area is 212 Å². The van der Waals surface area contributed by atoms with Crippen molar-refractivity contribution in [1.29, 1.82) is 0 Å². The number of fused-ring (bicyclic) bond motifs is 4. The second kappa shape index (κ2) is 9.50. The van der Waals surface area contributed by atoms with Crippen LogP contribution in [0.3, 0.4) is 0 Å². The predicted octanol–water partition coefficient (Wildman–Crippen LogP) is 3.84. The molecule has 0 saturated heterocycles. The van der Waals surface area contributed by atoms with Crippen LogP contribution in [0.4, 0.5) is 11.4 Å². The molecule has 1 unspecified atom stereocenters. The van der Waals surface area contributed by atoms with Crippen molar-refractivity contribution in [3.05, 3.63) is 42.1 Å². The first-order valence-electron chi connectivity index (χ1n) is 12.2. The van der Waals surface area contributed by atoms with Crippen LogP contribution in [0.1, 0.15) is 36.0 Å². The molecule has 0 bridgehead atoms. The summed E-state index contributed by atoms with van der Waals surface area (Å²) in [5.74, 6) is 1.90. The van der Waals surface area contributed by atoms with Crippen molar-refractivity contribution in [1.82, 2.24) is 15.3 Å². The van der Waals surface area contributed by atoms with Gasteiger partial charge in [-0.25, -0.2) is 4.98 Å². The highest BCUT2D eigenvalue weighted by Crippen LogP contribution is 2.39. The molecule has 1 aliphatic carbocycles. The van der Waals surface area contributed by atoms with Gasteiger partial charge in [0, 0.05) is 22.6 Å². The minimum Gasteiger partial charge on any atom is -0.484 e. The van der Waals surface area contributed by atoms with Crippen molar-refractivity contribution in [3.63, 3.8) is 0 Å². The first-order chi connectivity index (χ1) is 17.6. The minimum absolute atomic E-state index is 0.0227. The number of hydrogen-bond donors (Lipinski definition) is 3. The van der Waals surface area contributed by atoms with E-state index in [0.717, 1.165) is 47.5 Å². The summed E-state index contributed by atoms with van der Waals surface area (Å²) in [4.78, 5) is 34.6. The molecule has 2 aliphatic heterocycles. The molecule has 0 radical (unpaired) electrons. The Balaban J connectivity index is 1.09. The lowest BCUT2D eigenvalue weighted by Gasteiger charge is -2.37. The third kappa shape index (κ3) is 4.41. The average Bonchev–Trinajstić information content (AvgIpc) is 2.92. The first-order valence-corrected chi connectivity index (χ1v) is 13.2. The maximum Gasteiger partial charge on any atom is 0.251 e. The van der Waals surface area contributed by atoms with Gasteiger partial charge in [-0.05, 0) is 55.9 Å². The Kier molecular flexibility index (Phi) is 6.04. The van der Waals surface area contributed by atoms with E-state index in [4.69, 9.17) is 9.47 Å². The number of ether oxygens (including phenoxy) is 2. The smallest absolute Gasteiger partial charge is 0.251 e. The highest BCUT2D eigenvalue weighted by atomic mass is 32.2. The van der Waals surface area contributed by atoms with Gasteiger partial charge in [0.25, 0.3) is 5.91 Å². The predicted molar refractivity (Wildman–Crippen MR) is 138 cm³/mol. The Hall–Kier alpha value is -3.53. The Morgan fingerprint density at radius 3 is 2.86 bits per heavy atom. The molecule has 1 atom stereocenters. The van der Waals surface area contributed by atoms with Gasteiger partial charge in [0.1, 0.15) is 11.6 Å². The quantitative estimate of drug-likeness (QED) is 0.490. The van der Waals surface area contributed by atoms with E-state index in [-0.39, 0.29) is 24.0 Å². The molecule has 4 heterocycles. The second-order valence-electron chi connectivity index (χ2n) is 9.39. The fourth-order valence-electron chi connectivity index (χ4n) is 5.18. The number of methoxy groups -OCH3 is 1. The third-order valence-corrected chi connectivity index (χ3v) is 8.19. The van der Waals surface area contributed by atoms with Gasteiger partial charge in [0.05, 0.1) is 42.5 Å². The van der Waals surface area contributed by atoms with E-state index in [1.165, 1.54) is 11.8 Å². The molecule has 2 aromatic heterocycles. The number of nitrogens with one attached hydrogen (secondary N) is 3. The van der Waals surface area contributed by atoms with Gasteiger partial charge in [-0.2, -0.15) is 0 Å². The highest BCUT2D eigenvalue weighted by molar-refractivity contribution is 8.00. The van der Waals surface area contributed by atoms with Gasteiger partial charge in [-0.15, -0.1) is 11.8 Å². The summed E-state index contributed by atoms with van der Waals surface area (Å²) in [5.41, 5.74) is 3.59. The highest BCUT2D eigenvalue weighted by Gasteiger charge is 2.33. The zero-order chi connectivity index (χ0) is 24.6. The van der Waals surface area contributed by atoms with Crippen LogP contribution in [0.2, 0.25) is 0 Å². The summed E-state index contributed by atoms with van der Waals surface area (Å²) < 4.78 is 11.8. The number of rotatable bonds is 4. The Morgan fingerprint density at radius 1 is 1.17 bits per heavy atom. The summed E-state index contributed by atoms with van der Waals surface area (Å²) in [6.07, 6.45) is 5.52. The van der Waals surface area contributed by atoms with E-state index in [1.54, 1.807) is 25.4 Å². The molecule has 3 aromatic rings. The fraction of sp³-hybridized carbons (Fsp3) is 0.385. The van der Waals surface area contributed by atoms with Crippen molar-refractivity contribution in [2.45, 2.75) is 42.7 Å². The molecule has 3 aliphatic rings. The SMILES string of the molecule is COc1ccc2ncc3c(c2n1)OC(C1CCC(NC(=O)c2ccc4c(c2)NC(=O)CS4)CC1)CN3. The zero-order valence-electron chi connectivity index (χ0n) is 19.9. The lowest BCUT2D eigenvalue weighted by Crippen LogP contribution is -2.43. The molecular weight excluding hydrogens is 478 g/mol. The van der Waals surface area contributed by atoms with Crippen LogP contribution in [0.25, 0.3) is 11.0 Å². The molecule has 0 spiro atoms. The molecule has 10 heteroatoms. The lowest BCUT2D eigenvalue weighted by atomic mass is 9.82. The number of thioether (sulfide) groups is 1. The van der Waals surface area contributed by atoms with E-state index in [2.05, 4.69) is 25.9 Å². The summed E-state index contributed by atoms with van der Waals surface area (Å²) >= 11 is 1.49. The molecule has 186 valence electrons. The molecule has 6 rings (SSSR count). The monoisotopic (exact) mass is 505 g/mol. The van der Waals surface area contributed by atoms with Crippen LogP contribution in [0, 0.1) is 5.92 Å². The maximum absolute atomic E-state index is 12.9. The van der Waals surface area contributed by atoms with Gasteiger partial charge in [0.2, 0.25) is 11.8 Å². The topological polar surface area (TPSA) is 114 Å². The summed E-state index contributed by atoms with van der Waals surface area (Å²) in [6.45, 7) is 0.713. The van der Waals surface area contributed by atoms with Crippen LogP contribution in [0.15, 0.2) is 41.4 Å². The average molecular weight is 506 g/mol. The van der Waals surface area contributed by atoms with Crippen molar-refractivity contribution >= 4 is 46.0 Å². The van der Waals surface area contributed by atoms with Crippen LogP contribution in [-0.4, -0.2) is 53.3 Å². The standard InChI is InChI=1S/C26H27N5O4S/c1-34-23-9-7-17-24(31-23)25-19(11-27-17)28-12-20(35-25)14-2-5-16(6-3-14)29-26(33)15-4-8-21-18(10-15)30-22(32)13-36-21/h4,7-11,14,16,20,28H,2-3,5-6,12-13H2,1H3,(H,29,33)(H,30,32). The van der Waals surface area contributed by atoms with Gasteiger partial charge in [-0.3, -0.25) is 14.6 Å². The van der Waals surface area contributed by atoms with Gasteiger partial charge < -0.3 is 25.4 Å². The summed E-state index contributed by atoms with van der Waals surface area (Å²) in [7, 11) is 1.60. The number of amides is 2. The Morgan fingerprint density at radius 2 is 2.03 bits per heavy atom. The molecular formula is C26H27N5O4S. The zero-order valence-corrected chi connectivity index (χ0v) is 20.7. The van der Waals surface area contributed by atoms with Gasteiger partial charge in [-0.1, -0.05) is 0 Å².